The van der Waals surface area contributed by atoms with Crippen LogP contribution in [0.15, 0.2) is 0 Å². The van der Waals surface area contributed by atoms with E-state index in [1.165, 1.54) is 6.92 Å². The highest BCUT2D eigenvalue weighted by Crippen LogP contribution is 2.07. The molecule has 5 nitrogen and oxygen atoms in total. The van der Waals surface area contributed by atoms with Crippen molar-refractivity contribution >= 4 is 22.7 Å². The second-order valence-corrected chi connectivity index (χ2v) is 4.75. The van der Waals surface area contributed by atoms with Crippen LogP contribution in [0.3, 0.4) is 0 Å². The standard InChI is InChI=1S/C8H15NO4S/c1-3-6(7(9)10)14(13)4-5(2)8(11)12/h5-6H,3-4H2,1-2H3,(H2,9,10)(H,11,12). The molecule has 1 amide bonds. The smallest absolute Gasteiger partial charge is 0.307 e. The van der Waals surface area contributed by atoms with E-state index in [4.69, 9.17) is 10.8 Å². The van der Waals surface area contributed by atoms with Gasteiger partial charge in [0, 0.05) is 16.6 Å². The first-order chi connectivity index (χ1) is 6.40. The van der Waals surface area contributed by atoms with Gasteiger partial charge in [-0.3, -0.25) is 13.8 Å². The molecule has 0 saturated carbocycles. The van der Waals surface area contributed by atoms with E-state index in [9.17, 15) is 13.8 Å². The second-order valence-electron chi connectivity index (χ2n) is 3.09. The van der Waals surface area contributed by atoms with Crippen molar-refractivity contribution in [2.45, 2.75) is 25.5 Å². The molecule has 14 heavy (non-hydrogen) atoms. The minimum absolute atomic E-state index is 0.0310. The fourth-order valence-electron chi connectivity index (χ4n) is 0.950. The van der Waals surface area contributed by atoms with Crippen LogP contribution >= 0.6 is 0 Å². The zero-order chi connectivity index (χ0) is 11.3. The Kier molecular flexibility index (Phi) is 5.37. The molecule has 0 fully saturated rings. The highest BCUT2D eigenvalue weighted by Gasteiger charge is 2.24. The third-order valence-corrected chi connectivity index (χ3v) is 3.87. The van der Waals surface area contributed by atoms with Gasteiger partial charge in [-0.05, 0) is 6.42 Å². The zero-order valence-electron chi connectivity index (χ0n) is 8.23. The Morgan fingerprint density at radius 3 is 2.29 bits per heavy atom. The van der Waals surface area contributed by atoms with Crippen molar-refractivity contribution in [2.24, 2.45) is 11.7 Å². The van der Waals surface area contributed by atoms with Crippen LogP contribution in [-0.2, 0) is 20.4 Å². The molecule has 0 aliphatic rings. The third kappa shape index (κ3) is 3.87. The molecular formula is C8H15NO4S. The maximum atomic E-state index is 11.5. The Balaban J connectivity index is 4.32. The van der Waals surface area contributed by atoms with Gasteiger partial charge >= 0.3 is 5.97 Å². The van der Waals surface area contributed by atoms with Gasteiger partial charge in [-0.1, -0.05) is 13.8 Å². The summed E-state index contributed by atoms with van der Waals surface area (Å²) in [7, 11) is -1.49. The summed E-state index contributed by atoms with van der Waals surface area (Å²) in [6.45, 7) is 3.15. The van der Waals surface area contributed by atoms with E-state index in [2.05, 4.69) is 0 Å². The van der Waals surface area contributed by atoms with E-state index < -0.39 is 33.8 Å². The molecule has 0 aliphatic heterocycles. The minimum Gasteiger partial charge on any atom is -0.481 e. The lowest BCUT2D eigenvalue weighted by Gasteiger charge is -2.12. The lowest BCUT2D eigenvalue weighted by atomic mass is 10.2. The molecular weight excluding hydrogens is 206 g/mol. The summed E-state index contributed by atoms with van der Waals surface area (Å²) >= 11 is 0. The lowest BCUT2D eigenvalue weighted by molar-refractivity contribution is -0.140. The molecule has 3 atom stereocenters. The number of carbonyl (C=O) groups excluding carboxylic acids is 1. The number of hydrogen-bond acceptors (Lipinski definition) is 3. The summed E-state index contributed by atoms with van der Waals surface area (Å²) < 4.78 is 11.5. The van der Waals surface area contributed by atoms with Crippen molar-refractivity contribution in [3.63, 3.8) is 0 Å². The summed E-state index contributed by atoms with van der Waals surface area (Å²) in [4.78, 5) is 21.3. The molecule has 0 radical (unpaired) electrons. The monoisotopic (exact) mass is 221 g/mol. The molecule has 0 rings (SSSR count). The minimum atomic E-state index is -1.49. The third-order valence-electron chi connectivity index (χ3n) is 1.84. The molecule has 82 valence electrons. The summed E-state index contributed by atoms with van der Waals surface area (Å²) in [5.41, 5.74) is 5.02. The Morgan fingerprint density at radius 2 is 2.00 bits per heavy atom. The fraction of sp³-hybridized carbons (Fsp3) is 0.750. The van der Waals surface area contributed by atoms with E-state index in [1.807, 2.05) is 0 Å². The van der Waals surface area contributed by atoms with Crippen LogP contribution in [0, 0.1) is 5.92 Å². The first-order valence-corrected chi connectivity index (χ1v) is 5.67. The normalized spacial score (nSPS) is 17.0. The Morgan fingerprint density at radius 1 is 1.50 bits per heavy atom. The summed E-state index contributed by atoms with van der Waals surface area (Å²) in [6, 6.07) is 0. The van der Waals surface area contributed by atoms with Crippen LogP contribution in [-0.4, -0.2) is 32.2 Å². The summed E-state index contributed by atoms with van der Waals surface area (Å²) in [5, 5.41) is 7.83. The fourth-order valence-corrected chi connectivity index (χ4v) is 2.45. The SMILES string of the molecule is CCC(C(N)=O)S(=O)CC(C)C(=O)O. The molecule has 0 bridgehead atoms. The molecule has 0 heterocycles. The largest absolute Gasteiger partial charge is 0.481 e. The van der Waals surface area contributed by atoms with Gasteiger partial charge in [0.1, 0.15) is 5.25 Å². The number of carbonyl (C=O) groups is 2. The van der Waals surface area contributed by atoms with Crippen LogP contribution in [0.2, 0.25) is 0 Å². The van der Waals surface area contributed by atoms with Gasteiger partial charge in [-0.15, -0.1) is 0 Å². The zero-order valence-corrected chi connectivity index (χ0v) is 9.04. The van der Waals surface area contributed by atoms with Gasteiger partial charge < -0.3 is 10.8 Å². The highest BCUT2D eigenvalue weighted by atomic mass is 32.2. The van der Waals surface area contributed by atoms with Gasteiger partial charge in [0.25, 0.3) is 0 Å². The predicted octanol–water partition coefficient (Wildman–Crippen LogP) is -0.280. The topological polar surface area (TPSA) is 97.5 Å². The van der Waals surface area contributed by atoms with Crippen molar-refractivity contribution in [3.8, 4) is 0 Å². The highest BCUT2D eigenvalue weighted by molar-refractivity contribution is 7.86. The average Bonchev–Trinajstić information content (AvgIpc) is 2.04. The van der Waals surface area contributed by atoms with Crippen LogP contribution in [0.5, 0.6) is 0 Å². The number of nitrogens with two attached hydrogens (primary N) is 1. The molecule has 6 heteroatoms. The predicted molar refractivity (Wildman–Crippen MR) is 53.1 cm³/mol. The Labute approximate surface area is 85.1 Å². The molecule has 0 saturated heterocycles. The maximum absolute atomic E-state index is 11.5. The molecule has 3 unspecified atom stereocenters. The summed E-state index contributed by atoms with van der Waals surface area (Å²) in [6.07, 6.45) is 0.369. The number of rotatable bonds is 6. The Hall–Kier alpha value is -0.910. The van der Waals surface area contributed by atoms with Gasteiger partial charge in [-0.2, -0.15) is 0 Å². The molecule has 0 spiro atoms. The molecule has 0 aromatic carbocycles. The van der Waals surface area contributed by atoms with Crippen molar-refractivity contribution in [1.29, 1.82) is 0 Å². The van der Waals surface area contributed by atoms with Gasteiger partial charge in [0.15, 0.2) is 0 Å². The average molecular weight is 221 g/mol. The van der Waals surface area contributed by atoms with Crippen molar-refractivity contribution in [1.82, 2.24) is 0 Å². The first-order valence-electron chi connectivity index (χ1n) is 4.29. The number of carboxylic acids is 1. The van der Waals surface area contributed by atoms with Crippen LogP contribution < -0.4 is 5.73 Å². The number of amides is 1. The van der Waals surface area contributed by atoms with Crippen LogP contribution in [0.1, 0.15) is 20.3 Å². The van der Waals surface area contributed by atoms with Crippen LogP contribution in [0.25, 0.3) is 0 Å². The molecule has 0 aromatic heterocycles. The summed E-state index contributed by atoms with van der Waals surface area (Å²) in [5.74, 6) is -2.40. The number of primary amides is 1. The quantitative estimate of drug-likeness (QED) is 0.644. The van der Waals surface area contributed by atoms with Gasteiger partial charge in [0.2, 0.25) is 5.91 Å². The van der Waals surface area contributed by atoms with E-state index in [0.29, 0.717) is 6.42 Å². The maximum Gasteiger partial charge on any atom is 0.307 e. The first kappa shape index (κ1) is 13.1. The van der Waals surface area contributed by atoms with E-state index >= 15 is 0 Å². The van der Waals surface area contributed by atoms with E-state index in [1.54, 1.807) is 6.92 Å². The number of carboxylic acid groups (broad SMARTS) is 1. The van der Waals surface area contributed by atoms with Gasteiger partial charge in [-0.25, -0.2) is 0 Å². The molecule has 0 aromatic rings. The Bertz CT molecular complexity index is 254. The van der Waals surface area contributed by atoms with Gasteiger partial charge in [0.05, 0.1) is 5.92 Å². The lowest BCUT2D eigenvalue weighted by Crippen LogP contribution is -2.35. The van der Waals surface area contributed by atoms with E-state index in [0.717, 1.165) is 0 Å². The second kappa shape index (κ2) is 5.74. The number of aliphatic carboxylic acids is 1. The molecule has 0 aliphatic carbocycles. The van der Waals surface area contributed by atoms with Crippen LogP contribution in [0.4, 0.5) is 0 Å². The van der Waals surface area contributed by atoms with Crippen molar-refractivity contribution in [3.05, 3.63) is 0 Å². The van der Waals surface area contributed by atoms with E-state index in [-0.39, 0.29) is 5.75 Å². The number of hydrogen-bond donors (Lipinski definition) is 2. The van der Waals surface area contributed by atoms with Crippen molar-refractivity contribution in [2.75, 3.05) is 5.75 Å². The molecule has 3 N–H and O–H groups in total. The van der Waals surface area contributed by atoms with Crippen molar-refractivity contribution < 1.29 is 18.9 Å².